The first-order valence-corrected chi connectivity index (χ1v) is 9.95. The van der Waals surface area contributed by atoms with Crippen molar-refractivity contribution in [3.05, 3.63) is 70.6 Å². The van der Waals surface area contributed by atoms with Gasteiger partial charge in [-0.2, -0.15) is 0 Å². The predicted octanol–water partition coefficient (Wildman–Crippen LogP) is 4.25. The summed E-state index contributed by atoms with van der Waals surface area (Å²) in [5, 5.41) is -0.482. The number of carbonyl (C=O) groups is 3. The van der Waals surface area contributed by atoms with Crippen molar-refractivity contribution in [2.75, 3.05) is 6.54 Å². The fourth-order valence-electron chi connectivity index (χ4n) is 2.62. The average molecular weight is 411 g/mol. The molecule has 0 bridgehead atoms. The Labute approximate surface area is 173 Å². The van der Waals surface area contributed by atoms with Gasteiger partial charge in [0.2, 0.25) is 0 Å². The lowest BCUT2D eigenvalue weighted by atomic mass is 10.2. The van der Waals surface area contributed by atoms with Crippen molar-refractivity contribution < 1.29 is 23.9 Å². The highest BCUT2D eigenvalue weighted by molar-refractivity contribution is 8.18. The first kappa shape index (κ1) is 20.7. The summed E-state index contributed by atoms with van der Waals surface area (Å²) < 4.78 is 10.7. The van der Waals surface area contributed by atoms with Crippen LogP contribution in [0.1, 0.15) is 25.0 Å². The summed E-state index contributed by atoms with van der Waals surface area (Å²) in [5.74, 6) is -0.399. The van der Waals surface area contributed by atoms with Gasteiger partial charge in [0.15, 0.2) is 0 Å². The Hall–Kier alpha value is -3.06. The lowest BCUT2D eigenvalue weighted by molar-refractivity contribution is -0.149. The fourth-order valence-corrected chi connectivity index (χ4v) is 3.46. The molecule has 0 aliphatic carbocycles. The number of esters is 1. The van der Waals surface area contributed by atoms with Gasteiger partial charge >= 0.3 is 5.97 Å². The summed E-state index contributed by atoms with van der Waals surface area (Å²) in [6.45, 7) is 3.50. The zero-order chi connectivity index (χ0) is 20.8. The van der Waals surface area contributed by atoms with E-state index in [0.29, 0.717) is 12.4 Å². The SMILES string of the molecule is CC(C)OC(=O)CN1C(=O)S/C(=C\c2ccc(OCc3ccccc3)cc2)C1=O. The normalized spacial score (nSPS) is 15.3. The molecule has 0 unspecified atom stereocenters. The maximum Gasteiger partial charge on any atom is 0.326 e. The van der Waals surface area contributed by atoms with Gasteiger partial charge in [-0.3, -0.25) is 19.3 Å². The molecule has 3 rings (SSSR count). The second-order valence-corrected chi connectivity index (χ2v) is 7.64. The molecule has 29 heavy (non-hydrogen) atoms. The van der Waals surface area contributed by atoms with Crippen LogP contribution in [0.3, 0.4) is 0 Å². The number of benzene rings is 2. The molecule has 0 atom stereocenters. The van der Waals surface area contributed by atoms with Gasteiger partial charge in [0.25, 0.3) is 11.1 Å². The van der Waals surface area contributed by atoms with Gasteiger partial charge in [-0.25, -0.2) is 0 Å². The Balaban J connectivity index is 1.61. The number of carbonyl (C=O) groups excluding carboxylic acids is 3. The highest BCUT2D eigenvalue weighted by Crippen LogP contribution is 2.32. The van der Waals surface area contributed by atoms with E-state index in [1.165, 1.54) is 0 Å². The average Bonchev–Trinajstić information content (AvgIpc) is 2.95. The molecule has 0 saturated carbocycles. The Bertz CT molecular complexity index is 922. The molecule has 1 saturated heterocycles. The number of imide groups is 1. The Morgan fingerprint density at radius 2 is 1.76 bits per heavy atom. The van der Waals surface area contributed by atoms with Crippen LogP contribution in [0.2, 0.25) is 0 Å². The summed E-state index contributed by atoms with van der Waals surface area (Å²) in [7, 11) is 0. The second kappa shape index (κ2) is 9.43. The van der Waals surface area contributed by atoms with E-state index in [1.54, 1.807) is 44.2 Å². The van der Waals surface area contributed by atoms with Crippen LogP contribution in [-0.4, -0.2) is 34.7 Å². The minimum atomic E-state index is -0.608. The lowest BCUT2D eigenvalue weighted by Crippen LogP contribution is -2.35. The molecule has 2 aromatic carbocycles. The quantitative estimate of drug-likeness (QED) is 0.501. The molecular formula is C22H21NO5S. The number of nitrogens with zero attached hydrogens (tertiary/aromatic N) is 1. The Kier molecular flexibility index (Phi) is 6.72. The zero-order valence-corrected chi connectivity index (χ0v) is 17.0. The fraction of sp³-hybridized carbons (Fsp3) is 0.227. The largest absolute Gasteiger partial charge is 0.489 e. The minimum Gasteiger partial charge on any atom is -0.489 e. The Morgan fingerprint density at radius 3 is 2.41 bits per heavy atom. The summed E-state index contributed by atoms with van der Waals surface area (Å²) in [4.78, 5) is 37.5. The highest BCUT2D eigenvalue weighted by atomic mass is 32.2. The maximum absolute atomic E-state index is 12.5. The van der Waals surface area contributed by atoms with Crippen molar-refractivity contribution in [3.8, 4) is 5.75 Å². The zero-order valence-electron chi connectivity index (χ0n) is 16.2. The third-order valence-electron chi connectivity index (χ3n) is 3.95. The summed E-state index contributed by atoms with van der Waals surface area (Å²) >= 11 is 0.809. The monoisotopic (exact) mass is 411 g/mol. The third kappa shape index (κ3) is 5.71. The smallest absolute Gasteiger partial charge is 0.326 e. The number of amides is 2. The molecular weight excluding hydrogens is 390 g/mol. The van der Waals surface area contributed by atoms with Gasteiger partial charge < -0.3 is 9.47 Å². The van der Waals surface area contributed by atoms with E-state index in [2.05, 4.69) is 0 Å². The van der Waals surface area contributed by atoms with Gasteiger partial charge in [-0.1, -0.05) is 42.5 Å². The van der Waals surface area contributed by atoms with Gasteiger partial charge in [0, 0.05) is 0 Å². The lowest BCUT2D eigenvalue weighted by Gasteiger charge is -2.13. The predicted molar refractivity (Wildman–Crippen MR) is 111 cm³/mol. The molecule has 1 fully saturated rings. The maximum atomic E-state index is 12.5. The second-order valence-electron chi connectivity index (χ2n) is 6.65. The van der Waals surface area contributed by atoms with Crippen LogP contribution in [0.4, 0.5) is 4.79 Å². The Morgan fingerprint density at radius 1 is 1.07 bits per heavy atom. The van der Waals surface area contributed by atoms with E-state index in [0.717, 1.165) is 27.8 Å². The van der Waals surface area contributed by atoms with Crippen molar-refractivity contribution in [3.63, 3.8) is 0 Å². The van der Waals surface area contributed by atoms with Gasteiger partial charge in [0.1, 0.15) is 18.9 Å². The van der Waals surface area contributed by atoms with Crippen LogP contribution in [0.15, 0.2) is 59.5 Å². The van der Waals surface area contributed by atoms with E-state index in [1.807, 2.05) is 30.3 Å². The van der Waals surface area contributed by atoms with Crippen LogP contribution >= 0.6 is 11.8 Å². The molecule has 0 spiro atoms. The topological polar surface area (TPSA) is 72.9 Å². The number of hydrogen-bond donors (Lipinski definition) is 0. The van der Waals surface area contributed by atoms with Crippen molar-refractivity contribution in [1.82, 2.24) is 4.90 Å². The first-order valence-electron chi connectivity index (χ1n) is 9.14. The molecule has 0 aromatic heterocycles. The first-order chi connectivity index (χ1) is 13.9. The summed E-state index contributed by atoms with van der Waals surface area (Å²) in [5.41, 5.74) is 1.83. The van der Waals surface area contributed by atoms with Gasteiger partial charge in [-0.05, 0) is 54.9 Å². The van der Waals surface area contributed by atoms with Gasteiger partial charge in [0.05, 0.1) is 11.0 Å². The molecule has 0 N–H and O–H groups in total. The van der Waals surface area contributed by atoms with Crippen LogP contribution in [0.5, 0.6) is 5.75 Å². The van der Waals surface area contributed by atoms with Gasteiger partial charge in [-0.15, -0.1) is 0 Å². The molecule has 6 nitrogen and oxygen atoms in total. The molecule has 1 aliphatic rings. The molecule has 1 aliphatic heterocycles. The summed E-state index contributed by atoms with van der Waals surface area (Å²) in [6, 6.07) is 17.1. The number of rotatable bonds is 7. The summed E-state index contributed by atoms with van der Waals surface area (Å²) in [6.07, 6.45) is 1.32. The van der Waals surface area contributed by atoms with Crippen molar-refractivity contribution >= 4 is 35.0 Å². The van der Waals surface area contributed by atoms with E-state index >= 15 is 0 Å². The van der Waals surface area contributed by atoms with Crippen LogP contribution in [-0.2, 0) is 20.9 Å². The van der Waals surface area contributed by atoms with Crippen molar-refractivity contribution in [1.29, 1.82) is 0 Å². The molecule has 7 heteroatoms. The van der Waals surface area contributed by atoms with E-state index in [9.17, 15) is 14.4 Å². The standard InChI is InChI=1S/C22H21NO5S/c1-15(2)28-20(24)13-23-21(25)19(29-22(23)26)12-16-8-10-18(11-9-16)27-14-17-6-4-3-5-7-17/h3-12,15H,13-14H2,1-2H3/b19-12-. The van der Waals surface area contributed by atoms with E-state index in [4.69, 9.17) is 9.47 Å². The number of ether oxygens (including phenoxy) is 2. The molecule has 1 heterocycles. The third-order valence-corrected chi connectivity index (χ3v) is 4.86. The highest BCUT2D eigenvalue weighted by Gasteiger charge is 2.36. The van der Waals surface area contributed by atoms with Crippen LogP contribution < -0.4 is 4.74 Å². The van der Waals surface area contributed by atoms with Crippen LogP contribution in [0, 0.1) is 0 Å². The number of thioether (sulfide) groups is 1. The van der Waals surface area contributed by atoms with Crippen molar-refractivity contribution in [2.45, 2.75) is 26.6 Å². The molecule has 2 amide bonds. The molecule has 2 aromatic rings. The molecule has 150 valence electrons. The van der Waals surface area contributed by atoms with Crippen molar-refractivity contribution in [2.24, 2.45) is 0 Å². The van der Waals surface area contributed by atoms with E-state index < -0.39 is 17.1 Å². The van der Waals surface area contributed by atoms with E-state index in [-0.39, 0.29) is 17.6 Å². The number of hydrogen-bond acceptors (Lipinski definition) is 6. The minimum absolute atomic E-state index is 0.269. The van der Waals surface area contributed by atoms with Crippen LogP contribution in [0.25, 0.3) is 6.08 Å². The molecule has 0 radical (unpaired) electrons.